The number of rotatable bonds is 9. The molecule has 0 rings (SSSR count). The smallest absolute Gasteiger partial charge is 0.245 e. The van der Waals surface area contributed by atoms with E-state index in [1.54, 1.807) is 14.0 Å². The minimum Gasteiger partial charge on any atom is -0.393 e. The number of nitrogens with one attached hydrogen (secondary N) is 1. The summed E-state index contributed by atoms with van der Waals surface area (Å²) in [6.07, 6.45) is 1.17. The lowest BCUT2D eigenvalue weighted by molar-refractivity contribution is -0.126. The zero-order chi connectivity index (χ0) is 11.5. The average molecular weight is 219 g/mol. The largest absolute Gasteiger partial charge is 0.393 e. The van der Waals surface area contributed by atoms with Gasteiger partial charge < -0.3 is 19.9 Å². The van der Waals surface area contributed by atoms with Crippen molar-refractivity contribution in [1.29, 1.82) is 0 Å². The van der Waals surface area contributed by atoms with Crippen LogP contribution in [0.25, 0.3) is 0 Å². The van der Waals surface area contributed by atoms with Crippen molar-refractivity contribution < 1.29 is 19.4 Å². The van der Waals surface area contributed by atoms with Gasteiger partial charge in [-0.1, -0.05) is 0 Å². The molecule has 0 saturated heterocycles. The van der Waals surface area contributed by atoms with Gasteiger partial charge in [-0.15, -0.1) is 0 Å². The van der Waals surface area contributed by atoms with E-state index in [4.69, 9.17) is 14.6 Å². The molecule has 0 aromatic heterocycles. The van der Waals surface area contributed by atoms with Crippen LogP contribution in [-0.2, 0) is 14.3 Å². The zero-order valence-corrected chi connectivity index (χ0v) is 9.49. The molecule has 0 heterocycles. The van der Waals surface area contributed by atoms with Gasteiger partial charge in [0.2, 0.25) is 5.91 Å². The molecule has 0 fully saturated rings. The molecular weight excluding hydrogens is 198 g/mol. The summed E-state index contributed by atoms with van der Waals surface area (Å²) in [4.78, 5) is 11.1. The van der Waals surface area contributed by atoms with Crippen molar-refractivity contribution in [3.05, 3.63) is 0 Å². The molecule has 90 valence electrons. The van der Waals surface area contributed by atoms with Gasteiger partial charge in [-0.3, -0.25) is 4.79 Å². The number of hydrogen-bond donors (Lipinski definition) is 2. The monoisotopic (exact) mass is 219 g/mol. The Bertz CT molecular complexity index is 162. The second-order valence-electron chi connectivity index (χ2n) is 3.39. The van der Waals surface area contributed by atoms with Gasteiger partial charge in [0.05, 0.1) is 19.3 Å². The standard InChI is InChI=1S/C10H21NO4/c1-9(12)4-3-5-11-10(13)8-15-7-6-14-2/h9,12H,3-8H2,1-2H3,(H,11,13). The molecule has 2 N–H and O–H groups in total. The first kappa shape index (κ1) is 14.3. The third kappa shape index (κ3) is 11.3. The second-order valence-corrected chi connectivity index (χ2v) is 3.39. The molecule has 0 saturated carbocycles. The van der Waals surface area contributed by atoms with E-state index in [2.05, 4.69) is 5.32 Å². The van der Waals surface area contributed by atoms with Crippen molar-refractivity contribution >= 4 is 5.91 Å². The molecular formula is C10H21NO4. The summed E-state index contributed by atoms with van der Waals surface area (Å²) in [7, 11) is 1.58. The van der Waals surface area contributed by atoms with E-state index >= 15 is 0 Å². The Kier molecular flexibility index (Phi) is 9.46. The van der Waals surface area contributed by atoms with Gasteiger partial charge in [-0.05, 0) is 19.8 Å². The lowest BCUT2D eigenvalue weighted by atomic mass is 10.2. The van der Waals surface area contributed by atoms with Crippen LogP contribution >= 0.6 is 0 Å². The first-order valence-electron chi connectivity index (χ1n) is 5.18. The molecule has 0 aliphatic rings. The van der Waals surface area contributed by atoms with Gasteiger partial charge in [0, 0.05) is 13.7 Å². The predicted molar refractivity (Wildman–Crippen MR) is 56.6 cm³/mol. The van der Waals surface area contributed by atoms with E-state index < -0.39 is 0 Å². The van der Waals surface area contributed by atoms with Gasteiger partial charge in [0.1, 0.15) is 6.61 Å². The maximum atomic E-state index is 11.1. The van der Waals surface area contributed by atoms with Crippen LogP contribution in [0.1, 0.15) is 19.8 Å². The van der Waals surface area contributed by atoms with E-state index in [1.807, 2.05) is 0 Å². The summed E-state index contributed by atoms with van der Waals surface area (Å²) >= 11 is 0. The molecule has 1 unspecified atom stereocenters. The van der Waals surface area contributed by atoms with Crippen LogP contribution in [0.5, 0.6) is 0 Å². The molecule has 1 amide bonds. The Hall–Kier alpha value is -0.650. The van der Waals surface area contributed by atoms with Crippen molar-refractivity contribution in [2.75, 3.05) is 33.5 Å². The number of ether oxygens (including phenoxy) is 2. The van der Waals surface area contributed by atoms with Crippen LogP contribution in [0, 0.1) is 0 Å². The number of aliphatic hydroxyl groups excluding tert-OH is 1. The summed E-state index contributed by atoms with van der Waals surface area (Å²) in [5.74, 6) is -0.128. The fourth-order valence-electron chi connectivity index (χ4n) is 0.983. The fraction of sp³-hybridized carbons (Fsp3) is 0.900. The molecule has 0 aromatic carbocycles. The number of carbonyl (C=O) groups is 1. The lowest BCUT2D eigenvalue weighted by Crippen LogP contribution is -2.29. The Balaban J connectivity index is 3.19. The van der Waals surface area contributed by atoms with Crippen LogP contribution in [-0.4, -0.2) is 50.6 Å². The van der Waals surface area contributed by atoms with Crippen LogP contribution in [0.2, 0.25) is 0 Å². The average Bonchev–Trinajstić information content (AvgIpc) is 2.19. The number of amides is 1. The zero-order valence-electron chi connectivity index (χ0n) is 9.49. The van der Waals surface area contributed by atoms with E-state index in [0.29, 0.717) is 26.2 Å². The van der Waals surface area contributed by atoms with Crippen molar-refractivity contribution in [2.24, 2.45) is 0 Å². The van der Waals surface area contributed by atoms with E-state index in [9.17, 15) is 4.79 Å². The lowest BCUT2D eigenvalue weighted by Gasteiger charge is -2.06. The number of hydrogen-bond acceptors (Lipinski definition) is 4. The highest BCUT2D eigenvalue weighted by atomic mass is 16.5. The van der Waals surface area contributed by atoms with E-state index in [-0.39, 0.29) is 18.6 Å². The first-order valence-corrected chi connectivity index (χ1v) is 5.18. The Morgan fingerprint density at radius 1 is 1.47 bits per heavy atom. The highest BCUT2D eigenvalue weighted by molar-refractivity contribution is 5.77. The number of carbonyl (C=O) groups excluding carboxylic acids is 1. The summed E-state index contributed by atoms with van der Waals surface area (Å²) in [5, 5.41) is 11.7. The Morgan fingerprint density at radius 3 is 2.80 bits per heavy atom. The van der Waals surface area contributed by atoms with Gasteiger partial charge in [-0.25, -0.2) is 0 Å². The van der Waals surface area contributed by atoms with Crippen molar-refractivity contribution in [1.82, 2.24) is 5.32 Å². The third-order valence-electron chi connectivity index (χ3n) is 1.79. The van der Waals surface area contributed by atoms with Crippen LogP contribution in [0.4, 0.5) is 0 Å². The molecule has 15 heavy (non-hydrogen) atoms. The van der Waals surface area contributed by atoms with Gasteiger partial charge in [0.25, 0.3) is 0 Å². The Morgan fingerprint density at radius 2 is 2.20 bits per heavy atom. The Labute approximate surface area is 90.8 Å². The molecule has 0 aliphatic carbocycles. The maximum absolute atomic E-state index is 11.1. The van der Waals surface area contributed by atoms with Crippen molar-refractivity contribution in [3.8, 4) is 0 Å². The molecule has 0 aliphatic heterocycles. The van der Waals surface area contributed by atoms with Crippen LogP contribution in [0.3, 0.4) is 0 Å². The van der Waals surface area contributed by atoms with Gasteiger partial charge in [-0.2, -0.15) is 0 Å². The molecule has 5 nitrogen and oxygen atoms in total. The molecule has 1 atom stereocenters. The molecule has 0 bridgehead atoms. The normalized spacial score (nSPS) is 12.5. The predicted octanol–water partition coefficient (Wildman–Crippen LogP) is -0.0734. The molecule has 0 aromatic rings. The summed E-state index contributed by atoms with van der Waals surface area (Å²) in [5.41, 5.74) is 0. The topological polar surface area (TPSA) is 67.8 Å². The van der Waals surface area contributed by atoms with Gasteiger partial charge >= 0.3 is 0 Å². The maximum Gasteiger partial charge on any atom is 0.245 e. The minimum absolute atomic E-state index is 0.0675. The summed E-state index contributed by atoms with van der Waals surface area (Å²) in [6.45, 7) is 3.30. The van der Waals surface area contributed by atoms with Crippen molar-refractivity contribution in [3.63, 3.8) is 0 Å². The van der Waals surface area contributed by atoms with Gasteiger partial charge in [0.15, 0.2) is 0 Å². The summed E-state index contributed by atoms with van der Waals surface area (Å²) in [6, 6.07) is 0. The van der Waals surface area contributed by atoms with Crippen LogP contribution in [0.15, 0.2) is 0 Å². The minimum atomic E-state index is -0.306. The molecule has 0 radical (unpaired) electrons. The third-order valence-corrected chi connectivity index (χ3v) is 1.79. The molecule has 0 spiro atoms. The fourth-order valence-corrected chi connectivity index (χ4v) is 0.983. The molecule has 5 heteroatoms. The summed E-state index contributed by atoms with van der Waals surface area (Å²) < 4.78 is 9.79. The number of aliphatic hydroxyl groups is 1. The second kappa shape index (κ2) is 9.89. The SMILES string of the molecule is COCCOCC(=O)NCCCC(C)O. The van der Waals surface area contributed by atoms with Crippen molar-refractivity contribution in [2.45, 2.75) is 25.9 Å². The van der Waals surface area contributed by atoms with E-state index in [1.165, 1.54) is 0 Å². The highest BCUT2D eigenvalue weighted by Crippen LogP contribution is 1.93. The van der Waals surface area contributed by atoms with E-state index in [0.717, 1.165) is 6.42 Å². The quantitative estimate of drug-likeness (QED) is 0.533. The first-order chi connectivity index (χ1) is 7.16. The van der Waals surface area contributed by atoms with Crippen LogP contribution < -0.4 is 5.32 Å². The highest BCUT2D eigenvalue weighted by Gasteiger charge is 2.01. The number of methoxy groups -OCH3 is 1.